The lowest BCUT2D eigenvalue weighted by molar-refractivity contribution is -0.319. The van der Waals surface area contributed by atoms with Crippen LogP contribution in [0.15, 0.2) is 91.0 Å². The van der Waals surface area contributed by atoms with Crippen LogP contribution in [-0.2, 0) is 67.9 Å². The summed E-state index contributed by atoms with van der Waals surface area (Å²) in [4.78, 5) is 0. The second-order valence-corrected chi connectivity index (χ2v) is 13.2. The van der Waals surface area contributed by atoms with E-state index < -0.39 is 50.9 Å². The molecular formula is C31H40O11S2. The summed E-state index contributed by atoms with van der Waals surface area (Å²) in [5.74, 6) is 0. The second-order valence-electron chi connectivity index (χ2n) is 10.1. The molecule has 11 nitrogen and oxygen atoms in total. The van der Waals surface area contributed by atoms with E-state index in [0.29, 0.717) is 26.1 Å². The second kappa shape index (κ2) is 17.7. The molecular weight excluding hydrogens is 612 g/mol. The van der Waals surface area contributed by atoms with Crippen molar-refractivity contribution in [2.24, 2.45) is 0 Å². The molecule has 4 rings (SSSR count). The minimum absolute atomic E-state index is 0.0634. The summed E-state index contributed by atoms with van der Waals surface area (Å²) in [6.45, 7) is 0.900. The van der Waals surface area contributed by atoms with Gasteiger partial charge >= 0.3 is 0 Å². The van der Waals surface area contributed by atoms with E-state index in [-0.39, 0.29) is 13.0 Å². The van der Waals surface area contributed by atoms with Crippen LogP contribution in [0.5, 0.6) is 0 Å². The van der Waals surface area contributed by atoms with Gasteiger partial charge < -0.3 is 23.7 Å². The largest absolute Gasteiger partial charge is 0.368 e. The maximum atomic E-state index is 11.6. The van der Waals surface area contributed by atoms with E-state index in [2.05, 4.69) is 0 Å². The zero-order valence-electron chi connectivity index (χ0n) is 24.9. The molecule has 3 aromatic rings. The molecule has 1 fully saturated rings. The number of benzene rings is 3. The Bertz CT molecular complexity index is 1430. The van der Waals surface area contributed by atoms with Crippen LogP contribution in [0, 0.1) is 0 Å². The fourth-order valence-corrected chi connectivity index (χ4v) is 4.88. The van der Waals surface area contributed by atoms with Gasteiger partial charge in [0.15, 0.2) is 6.29 Å². The summed E-state index contributed by atoms with van der Waals surface area (Å²) < 4.78 is 85.5. The molecule has 0 radical (unpaired) electrons. The number of ether oxygens (including phenoxy) is 5. The zero-order valence-corrected chi connectivity index (χ0v) is 26.6. The van der Waals surface area contributed by atoms with Crippen LogP contribution in [0.3, 0.4) is 0 Å². The highest BCUT2D eigenvalue weighted by Crippen LogP contribution is 2.32. The first-order valence-electron chi connectivity index (χ1n) is 13.8. The number of hydrogen-bond acceptors (Lipinski definition) is 10. The monoisotopic (exact) mass is 652 g/mol. The van der Waals surface area contributed by atoms with Gasteiger partial charge in [-0.15, -0.1) is 0 Å². The van der Waals surface area contributed by atoms with Gasteiger partial charge in [0, 0.05) is 13.5 Å². The van der Waals surface area contributed by atoms with Crippen LogP contribution in [0.2, 0.25) is 0 Å². The molecule has 1 heterocycles. The molecule has 44 heavy (non-hydrogen) atoms. The van der Waals surface area contributed by atoms with E-state index in [1.165, 1.54) is 0 Å². The van der Waals surface area contributed by atoms with Crippen molar-refractivity contribution in [2.75, 3.05) is 26.2 Å². The Labute approximate surface area is 259 Å². The van der Waals surface area contributed by atoms with Gasteiger partial charge in [-0.2, -0.15) is 16.8 Å². The number of hydrogen-bond donors (Lipinski definition) is 1. The molecule has 3 aromatic carbocycles. The van der Waals surface area contributed by atoms with Gasteiger partial charge in [0.25, 0.3) is 20.2 Å². The van der Waals surface area contributed by atoms with E-state index in [1.807, 2.05) is 91.0 Å². The molecule has 0 amide bonds. The van der Waals surface area contributed by atoms with E-state index in [1.54, 1.807) is 7.11 Å². The third kappa shape index (κ3) is 13.5. The summed E-state index contributed by atoms with van der Waals surface area (Å²) >= 11 is 0. The van der Waals surface area contributed by atoms with E-state index in [0.717, 1.165) is 22.9 Å². The fraction of sp³-hybridized carbons (Fsp3) is 0.419. The molecule has 13 heteroatoms. The van der Waals surface area contributed by atoms with Gasteiger partial charge in [-0.25, -0.2) is 0 Å². The minimum atomic E-state index is -3.67. The van der Waals surface area contributed by atoms with Crippen molar-refractivity contribution in [3.63, 3.8) is 0 Å². The standard InChI is InChI=1S/C30H36O8S.CH4O3S/c1-33-30-29(36-22-25-16-10-5-11-17-25)28(35-21-24-14-8-4-9-15-24)27(34-20-23-12-6-3-7-13-23)26(38-30)18-19-37-39(2,31)32;1-5(2,3)4/h3-17,26-30H,18-22H2,1-2H3;1H3,(H,2,3,4)/t26-,27-,28+,29-,30+;/m1./s1. The van der Waals surface area contributed by atoms with Crippen LogP contribution < -0.4 is 0 Å². The van der Waals surface area contributed by atoms with Gasteiger partial charge in [0.2, 0.25) is 0 Å². The molecule has 0 bridgehead atoms. The van der Waals surface area contributed by atoms with Crippen molar-refractivity contribution in [3.05, 3.63) is 108 Å². The van der Waals surface area contributed by atoms with Gasteiger partial charge in [-0.3, -0.25) is 8.74 Å². The molecule has 242 valence electrons. The Balaban J connectivity index is 0.000000978. The summed E-state index contributed by atoms with van der Waals surface area (Å²) in [6.07, 6.45) is -1.15. The van der Waals surface area contributed by atoms with Crippen LogP contribution in [0.25, 0.3) is 0 Å². The van der Waals surface area contributed by atoms with Crippen LogP contribution >= 0.6 is 0 Å². The highest BCUT2D eigenvalue weighted by molar-refractivity contribution is 7.86. The highest BCUT2D eigenvalue weighted by atomic mass is 32.2. The third-order valence-corrected chi connectivity index (χ3v) is 6.97. The molecule has 0 spiro atoms. The molecule has 0 unspecified atom stereocenters. The van der Waals surface area contributed by atoms with Crippen LogP contribution in [0.1, 0.15) is 23.1 Å². The van der Waals surface area contributed by atoms with Crippen molar-refractivity contribution >= 4 is 20.2 Å². The van der Waals surface area contributed by atoms with Crippen molar-refractivity contribution in [2.45, 2.75) is 56.9 Å². The smallest absolute Gasteiger partial charge is 0.264 e. The fourth-order valence-electron chi connectivity index (χ4n) is 4.48. The Morgan fingerprint density at radius 3 is 1.43 bits per heavy atom. The first kappa shape index (κ1) is 35.8. The lowest BCUT2D eigenvalue weighted by Gasteiger charge is -2.45. The van der Waals surface area contributed by atoms with Gasteiger partial charge in [0.05, 0.1) is 45.0 Å². The van der Waals surface area contributed by atoms with E-state index >= 15 is 0 Å². The summed E-state index contributed by atoms with van der Waals surface area (Å²) in [6, 6.07) is 29.5. The molecule has 0 aliphatic carbocycles. The Morgan fingerprint density at radius 2 is 1.05 bits per heavy atom. The third-order valence-electron chi connectivity index (χ3n) is 6.38. The first-order chi connectivity index (χ1) is 20.9. The summed E-state index contributed by atoms with van der Waals surface area (Å²) in [5, 5.41) is 0. The predicted octanol–water partition coefficient (Wildman–Crippen LogP) is 3.98. The van der Waals surface area contributed by atoms with E-state index in [4.69, 9.17) is 32.4 Å². The SMILES string of the molecule is CO[C@H]1O[C@H](CCOS(C)(=O)=O)[C@@H](OCc2ccccc2)[C@H](OCc2ccccc2)[C@H]1OCc1ccccc1.CS(=O)(=O)O. The minimum Gasteiger partial charge on any atom is -0.368 e. The number of rotatable bonds is 14. The quantitative estimate of drug-likeness (QED) is 0.199. The Hall–Kier alpha value is -2.72. The van der Waals surface area contributed by atoms with Gasteiger partial charge in [-0.05, 0) is 16.7 Å². The maximum Gasteiger partial charge on any atom is 0.264 e. The molecule has 1 aliphatic heterocycles. The first-order valence-corrected chi connectivity index (χ1v) is 17.5. The molecule has 1 aliphatic rings. The summed E-state index contributed by atoms with van der Waals surface area (Å²) in [5.41, 5.74) is 2.99. The number of methoxy groups -OCH3 is 1. The lowest BCUT2D eigenvalue weighted by atomic mass is 9.95. The molecule has 0 aromatic heterocycles. The molecule has 1 saturated heterocycles. The lowest BCUT2D eigenvalue weighted by Crippen LogP contribution is -2.60. The van der Waals surface area contributed by atoms with Gasteiger partial charge in [-0.1, -0.05) is 91.0 Å². The normalized spacial score (nSPS) is 22.1. The summed E-state index contributed by atoms with van der Waals surface area (Å²) in [7, 11) is -5.73. The predicted molar refractivity (Wildman–Crippen MR) is 164 cm³/mol. The van der Waals surface area contributed by atoms with Crippen molar-refractivity contribution in [1.29, 1.82) is 0 Å². The topological polar surface area (TPSA) is 144 Å². The maximum absolute atomic E-state index is 11.6. The average Bonchev–Trinajstić information content (AvgIpc) is 2.98. The zero-order chi connectivity index (χ0) is 32.0. The Morgan fingerprint density at radius 1 is 0.659 bits per heavy atom. The molecule has 0 saturated carbocycles. The van der Waals surface area contributed by atoms with Crippen LogP contribution in [0.4, 0.5) is 0 Å². The van der Waals surface area contributed by atoms with E-state index in [9.17, 15) is 16.8 Å². The van der Waals surface area contributed by atoms with Crippen molar-refractivity contribution in [1.82, 2.24) is 0 Å². The van der Waals surface area contributed by atoms with Crippen molar-refractivity contribution in [3.8, 4) is 0 Å². The highest BCUT2D eigenvalue weighted by Gasteiger charge is 2.48. The van der Waals surface area contributed by atoms with Crippen molar-refractivity contribution < 1.29 is 49.3 Å². The Kier molecular flexibility index (Phi) is 14.4. The molecule has 5 atom stereocenters. The van der Waals surface area contributed by atoms with Crippen LogP contribution in [-0.4, -0.2) is 78.3 Å². The molecule has 1 N–H and O–H groups in total. The van der Waals surface area contributed by atoms with Gasteiger partial charge in [0.1, 0.15) is 18.3 Å². The average molecular weight is 653 g/mol.